The molecule has 1 aromatic rings. The van der Waals surface area contributed by atoms with Gasteiger partial charge < -0.3 is 9.64 Å². The van der Waals surface area contributed by atoms with Crippen molar-refractivity contribution in [1.82, 2.24) is 0 Å². The Hall–Kier alpha value is -1.07. The van der Waals surface area contributed by atoms with E-state index in [9.17, 15) is 8.42 Å². The minimum absolute atomic E-state index is 0.273. The predicted molar refractivity (Wildman–Crippen MR) is 119 cm³/mol. The zero-order chi connectivity index (χ0) is 20.8. The highest BCUT2D eigenvalue weighted by Crippen LogP contribution is 2.23. The van der Waals surface area contributed by atoms with E-state index in [4.69, 9.17) is 4.74 Å². The molecule has 0 radical (unpaired) electrons. The summed E-state index contributed by atoms with van der Waals surface area (Å²) in [6.45, 7) is 11.5. The van der Waals surface area contributed by atoms with Crippen molar-refractivity contribution in [3.8, 4) is 0 Å². The Morgan fingerprint density at radius 1 is 1.00 bits per heavy atom. The molecule has 0 aliphatic carbocycles. The SMILES string of the molecule is C[C@@H]1CN(c2cccc(CCCCCCCS(=O)(=O)C(C)(C)C)c2)C[C@H](C)O1. The first-order chi connectivity index (χ1) is 13.1. The number of rotatable bonds is 9. The molecule has 4 nitrogen and oxygen atoms in total. The summed E-state index contributed by atoms with van der Waals surface area (Å²) in [7, 11) is -2.97. The summed E-state index contributed by atoms with van der Waals surface area (Å²) in [6.07, 6.45) is 6.84. The van der Waals surface area contributed by atoms with E-state index in [0.717, 1.165) is 51.6 Å². The van der Waals surface area contributed by atoms with Crippen LogP contribution in [0.5, 0.6) is 0 Å². The van der Waals surface area contributed by atoms with Gasteiger partial charge >= 0.3 is 0 Å². The van der Waals surface area contributed by atoms with Crippen molar-refractivity contribution >= 4 is 15.5 Å². The molecule has 1 saturated heterocycles. The van der Waals surface area contributed by atoms with E-state index >= 15 is 0 Å². The van der Waals surface area contributed by atoms with E-state index in [1.54, 1.807) is 20.8 Å². The van der Waals surface area contributed by atoms with Crippen LogP contribution in [0.15, 0.2) is 24.3 Å². The van der Waals surface area contributed by atoms with Gasteiger partial charge in [0.1, 0.15) is 0 Å². The van der Waals surface area contributed by atoms with Crippen LogP contribution in [0.1, 0.15) is 72.3 Å². The first kappa shape index (κ1) is 23.2. The van der Waals surface area contributed by atoms with Crippen LogP contribution in [0.4, 0.5) is 5.69 Å². The normalized spacial score (nSPS) is 21.1. The third-order valence-electron chi connectivity index (χ3n) is 5.51. The number of anilines is 1. The first-order valence-electron chi connectivity index (χ1n) is 10.8. The van der Waals surface area contributed by atoms with Crippen LogP contribution in [-0.4, -0.2) is 44.2 Å². The Kier molecular flexibility index (Phi) is 8.38. The fraction of sp³-hybridized carbons (Fsp3) is 0.739. The van der Waals surface area contributed by atoms with Gasteiger partial charge in [-0.2, -0.15) is 0 Å². The number of aryl methyl sites for hydroxylation is 1. The van der Waals surface area contributed by atoms with E-state index in [-0.39, 0.29) is 12.2 Å². The largest absolute Gasteiger partial charge is 0.372 e. The second-order valence-corrected chi connectivity index (χ2v) is 12.1. The maximum Gasteiger partial charge on any atom is 0.155 e. The van der Waals surface area contributed by atoms with Gasteiger partial charge in [-0.25, -0.2) is 8.42 Å². The molecule has 0 N–H and O–H groups in total. The summed E-state index contributed by atoms with van der Waals surface area (Å²) in [6, 6.07) is 8.89. The topological polar surface area (TPSA) is 46.6 Å². The Morgan fingerprint density at radius 3 is 2.25 bits per heavy atom. The van der Waals surface area contributed by atoms with Crippen molar-refractivity contribution in [2.24, 2.45) is 0 Å². The molecule has 1 fully saturated rings. The van der Waals surface area contributed by atoms with E-state index < -0.39 is 14.6 Å². The van der Waals surface area contributed by atoms with E-state index in [1.165, 1.54) is 11.3 Å². The molecule has 2 atom stereocenters. The predicted octanol–water partition coefficient (Wildman–Crippen LogP) is 5.01. The monoisotopic (exact) mass is 409 g/mol. The number of ether oxygens (including phenoxy) is 1. The van der Waals surface area contributed by atoms with E-state index in [1.807, 2.05) is 0 Å². The van der Waals surface area contributed by atoms with Gasteiger partial charge in [0.05, 0.1) is 22.7 Å². The Labute approximate surface area is 172 Å². The van der Waals surface area contributed by atoms with Crippen molar-refractivity contribution in [2.75, 3.05) is 23.7 Å². The number of unbranched alkanes of at least 4 members (excludes halogenated alkanes) is 4. The van der Waals surface area contributed by atoms with E-state index in [2.05, 4.69) is 43.0 Å². The summed E-state index contributed by atoms with van der Waals surface area (Å²) >= 11 is 0. The lowest BCUT2D eigenvalue weighted by molar-refractivity contribution is -0.00522. The zero-order valence-electron chi connectivity index (χ0n) is 18.4. The highest BCUT2D eigenvalue weighted by molar-refractivity contribution is 7.92. The molecule has 2 rings (SSSR count). The quantitative estimate of drug-likeness (QED) is 0.538. The lowest BCUT2D eigenvalue weighted by Crippen LogP contribution is -2.45. The van der Waals surface area contributed by atoms with Crippen LogP contribution in [0.3, 0.4) is 0 Å². The number of morpholine rings is 1. The molecule has 0 saturated carbocycles. The Balaban J connectivity index is 1.70. The average molecular weight is 410 g/mol. The van der Waals surface area contributed by atoms with Crippen molar-refractivity contribution < 1.29 is 13.2 Å². The highest BCUT2D eigenvalue weighted by Gasteiger charge is 2.27. The summed E-state index contributed by atoms with van der Waals surface area (Å²) in [5.41, 5.74) is 2.69. The molecule has 0 bridgehead atoms. The molecule has 1 aliphatic heterocycles. The van der Waals surface area contributed by atoms with Crippen LogP contribution in [0.2, 0.25) is 0 Å². The fourth-order valence-corrected chi connectivity index (χ4v) is 4.95. The summed E-state index contributed by atoms with van der Waals surface area (Å²) in [5.74, 6) is 0.314. The zero-order valence-corrected chi connectivity index (χ0v) is 19.2. The lowest BCUT2D eigenvalue weighted by Gasteiger charge is -2.37. The molecule has 0 unspecified atom stereocenters. The molecular formula is C23H39NO3S. The van der Waals surface area contributed by atoms with Crippen LogP contribution in [-0.2, 0) is 21.0 Å². The molecule has 1 heterocycles. The van der Waals surface area contributed by atoms with Crippen molar-refractivity contribution in [3.05, 3.63) is 29.8 Å². The molecule has 160 valence electrons. The molecule has 1 aliphatic rings. The van der Waals surface area contributed by atoms with Crippen LogP contribution in [0.25, 0.3) is 0 Å². The smallest absolute Gasteiger partial charge is 0.155 e. The van der Waals surface area contributed by atoms with Gasteiger partial charge in [0.25, 0.3) is 0 Å². The van der Waals surface area contributed by atoms with Gasteiger partial charge in [0.2, 0.25) is 0 Å². The second kappa shape index (κ2) is 10.1. The minimum Gasteiger partial charge on any atom is -0.372 e. The number of sulfone groups is 1. The maximum atomic E-state index is 12.1. The third-order valence-corrected chi connectivity index (χ3v) is 8.20. The van der Waals surface area contributed by atoms with Crippen LogP contribution in [0, 0.1) is 0 Å². The van der Waals surface area contributed by atoms with Gasteiger partial charge in [0.15, 0.2) is 9.84 Å². The van der Waals surface area contributed by atoms with Crippen LogP contribution >= 0.6 is 0 Å². The third kappa shape index (κ3) is 7.07. The van der Waals surface area contributed by atoms with Crippen molar-refractivity contribution in [2.45, 2.75) is 90.1 Å². The summed E-state index contributed by atoms with van der Waals surface area (Å²) in [4.78, 5) is 2.43. The average Bonchev–Trinajstić information content (AvgIpc) is 2.59. The number of nitrogens with zero attached hydrogens (tertiary/aromatic N) is 1. The number of benzene rings is 1. The molecule has 0 spiro atoms. The molecule has 5 heteroatoms. The summed E-state index contributed by atoms with van der Waals surface area (Å²) < 4.78 is 29.4. The lowest BCUT2D eigenvalue weighted by atomic mass is 10.0. The van der Waals surface area contributed by atoms with Crippen LogP contribution < -0.4 is 4.90 Å². The molecule has 28 heavy (non-hydrogen) atoms. The van der Waals surface area contributed by atoms with E-state index in [0.29, 0.717) is 5.75 Å². The van der Waals surface area contributed by atoms with Crippen molar-refractivity contribution in [1.29, 1.82) is 0 Å². The molecular weight excluding hydrogens is 370 g/mol. The highest BCUT2D eigenvalue weighted by atomic mass is 32.2. The Bertz CT molecular complexity index is 699. The fourth-order valence-electron chi connectivity index (χ4n) is 3.76. The maximum absolute atomic E-state index is 12.1. The standard InChI is InChI=1S/C23H39NO3S/c1-19-17-24(18-20(2)27-19)22-14-11-13-21(16-22)12-9-7-6-8-10-15-28(25,26)23(3,4)5/h11,13-14,16,19-20H,6-10,12,15,17-18H2,1-5H3/t19-,20+. The molecule has 0 amide bonds. The molecule has 1 aromatic carbocycles. The first-order valence-corrected chi connectivity index (χ1v) is 12.5. The summed E-state index contributed by atoms with van der Waals surface area (Å²) in [5, 5.41) is 0. The number of hydrogen-bond donors (Lipinski definition) is 0. The van der Waals surface area contributed by atoms with Gasteiger partial charge in [0, 0.05) is 18.8 Å². The second-order valence-electron chi connectivity index (χ2n) is 9.28. The van der Waals surface area contributed by atoms with Gasteiger partial charge in [-0.05, 0) is 71.6 Å². The van der Waals surface area contributed by atoms with Gasteiger partial charge in [-0.3, -0.25) is 0 Å². The number of hydrogen-bond acceptors (Lipinski definition) is 4. The van der Waals surface area contributed by atoms with Gasteiger partial charge in [-0.15, -0.1) is 0 Å². The molecule has 0 aromatic heterocycles. The minimum atomic E-state index is -2.97. The Morgan fingerprint density at radius 2 is 1.61 bits per heavy atom. The van der Waals surface area contributed by atoms with Gasteiger partial charge in [-0.1, -0.05) is 31.4 Å². The van der Waals surface area contributed by atoms with Crippen molar-refractivity contribution in [3.63, 3.8) is 0 Å².